The van der Waals surface area contributed by atoms with E-state index >= 15 is 0 Å². The first kappa shape index (κ1) is 13.5. The van der Waals surface area contributed by atoms with Crippen LogP contribution in [0.15, 0.2) is 59.7 Å². The van der Waals surface area contributed by atoms with Crippen molar-refractivity contribution < 1.29 is 0 Å². The average molecular weight is 279 g/mol. The molecule has 4 heteroatoms. The van der Waals surface area contributed by atoms with E-state index in [0.29, 0.717) is 6.54 Å². The zero-order valence-electron chi connectivity index (χ0n) is 11.9. The number of nitrogens with two attached hydrogens (primary N) is 1. The Morgan fingerprint density at radius 1 is 1.14 bits per heavy atom. The molecular formula is C17H17N3O. The number of aryl methyl sites for hydroxylation is 1. The van der Waals surface area contributed by atoms with Crippen LogP contribution in [-0.4, -0.2) is 9.55 Å². The van der Waals surface area contributed by atoms with Crippen LogP contribution < -0.4 is 11.3 Å². The Balaban J connectivity index is 1.89. The standard InChI is InChI=1S/C17H17N3O/c1-12-8-17(21)20(11-19-12)10-16(18)15-7-6-13-4-2-3-5-14(13)9-15/h2-9,11,16H,10,18H2,1H3. The van der Waals surface area contributed by atoms with Crippen LogP contribution in [0.4, 0.5) is 0 Å². The molecule has 1 heterocycles. The van der Waals surface area contributed by atoms with E-state index in [0.717, 1.165) is 16.6 Å². The van der Waals surface area contributed by atoms with Gasteiger partial charge in [-0.2, -0.15) is 0 Å². The Bertz CT molecular complexity index is 839. The van der Waals surface area contributed by atoms with Crippen LogP contribution in [0, 0.1) is 6.92 Å². The second-order valence-corrected chi connectivity index (χ2v) is 5.23. The molecule has 0 aliphatic heterocycles. The van der Waals surface area contributed by atoms with E-state index in [1.165, 1.54) is 11.5 Å². The van der Waals surface area contributed by atoms with Crippen molar-refractivity contribution in [1.82, 2.24) is 9.55 Å². The molecule has 0 radical (unpaired) electrons. The number of aromatic nitrogens is 2. The lowest BCUT2D eigenvalue weighted by Crippen LogP contribution is -2.26. The molecule has 21 heavy (non-hydrogen) atoms. The maximum absolute atomic E-state index is 11.9. The number of nitrogens with zero attached hydrogens (tertiary/aromatic N) is 2. The first-order valence-electron chi connectivity index (χ1n) is 6.91. The van der Waals surface area contributed by atoms with Crippen LogP contribution in [0.25, 0.3) is 10.8 Å². The van der Waals surface area contributed by atoms with Gasteiger partial charge in [-0.1, -0.05) is 36.4 Å². The molecule has 1 aromatic heterocycles. The molecule has 106 valence electrons. The smallest absolute Gasteiger partial charge is 0.253 e. The van der Waals surface area contributed by atoms with E-state index in [9.17, 15) is 4.79 Å². The van der Waals surface area contributed by atoms with E-state index in [1.54, 1.807) is 17.8 Å². The Labute approximate surface area is 122 Å². The second-order valence-electron chi connectivity index (χ2n) is 5.23. The van der Waals surface area contributed by atoms with Crippen LogP contribution in [0.2, 0.25) is 0 Å². The molecule has 0 fully saturated rings. The summed E-state index contributed by atoms with van der Waals surface area (Å²) < 4.78 is 1.55. The van der Waals surface area contributed by atoms with Gasteiger partial charge in [-0.05, 0) is 29.3 Å². The van der Waals surface area contributed by atoms with Gasteiger partial charge in [0.05, 0.1) is 6.33 Å². The number of rotatable bonds is 3. The van der Waals surface area contributed by atoms with Gasteiger partial charge in [-0.3, -0.25) is 9.36 Å². The van der Waals surface area contributed by atoms with Crippen LogP contribution in [0.3, 0.4) is 0 Å². The largest absolute Gasteiger partial charge is 0.322 e. The molecule has 0 bridgehead atoms. The highest BCUT2D eigenvalue weighted by Crippen LogP contribution is 2.19. The fourth-order valence-electron chi connectivity index (χ4n) is 2.41. The van der Waals surface area contributed by atoms with Gasteiger partial charge in [0.1, 0.15) is 0 Å². The summed E-state index contributed by atoms with van der Waals surface area (Å²) in [5.74, 6) is 0. The predicted octanol–water partition coefficient (Wildman–Crippen LogP) is 2.40. The summed E-state index contributed by atoms with van der Waals surface area (Å²) in [6.45, 7) is 2.22. The van der Waals surface area contributed by atoms with Crippen molar-refractivity contribution in [1.29, 1.82) is 0 Å². The number of benzene rings is 2. The van der Waals surface area contributed by atoms with Crippen LogP contribution in [0.1, 0.15) is 17.3 Å². The van der Waals surface area contributed by atoms with Gasteiger partial charge in [0.2, 0.25) is 0 Å². The zero-order valence-corrected chi connectivity index (χ0v) is 11.9. The Morgan fingerprint density at radius 3 is 2.67 bits per heavy atom. The lowest BCUT2D eigenvalue weighted by molar-refractivity contribution is 0.553. The summed E-state index contributed by atoms with van der Waals surface area (Å²) in [7, 11) is 0. The number of fused-ring (bicyclic) bond motifs is 1. The van der Waals surface area contributed by atoms with Crippen LogP contribution in [-0.2, 0) is 6.54 Å². The Hall–Kier alpha value is -2.46. The van der Waals surface area contributed by atoms with Gasteiger partial charge in [0, 0.05) is 24.3 Å². The van der Waals surface area contributed by atoms with Crippen LogP contribution >= 0.6 is 0 Å². The molecule has 0 aliphatic rings. The van der Waals surface area contributed by atoms with Gasteiger partial charge < -0.3 is 5.73 Å². The molecule has 0 spiro atoms. The monoisotopic (exact) mass is 279 g/mol. The van der Waals surface area contributed by atoms with E-state index in [1.807, 2.05) is 18.2 Å². The average Bonchev–Trinajstić information content (AvgIpc) is 2.49. The fraction of sp³-hybridized carbons (Fsp3) is 0.176. The van der Waals surface area contributed by atoms with Crippen molar-refractivity contribution in [2.45, 2.75) is 19.5 Å². The van der Waals surface area contributed by atoms with Gasteiger partial charge in [-0.25, -0.2) is 4.98 Å². The molecule has 2 aromatic carbocycles. The Morgan fingerprint density at radius 2 is 1.90 bits per heavy atom. The summed E-state index contributed by atoms with van der Waals surface area (Å²) in [4.78, 5) is 16.0. The topological polar surface area (TPSA) is 60.9 Å². The molecule has 0 aliphatic carbocycles. The van der Waals surface area contributed by atoms with E-state index in [4.69, 9.17) is 5.73 Å². The normalized spacial score (nSPS) is 12.5. The number of hydrogen-bond donors (Lipinski definition) is 1. The highest BCUT2D eigenvalue weighted by atomic mass is 16.1. The summed E-state index contributed by atoms with van der Waals surface area (Å²) in [6, 6.07) is 15.6. The molecule has 4 nitrogen and oxygen atoms in total. The maximum atomic E-state index is 11.9. The minimum absolute atomic E-state index is 0.0706. The predicted molar refractivity (Wildman–Crippen MR) is 84.1 cm³/mol. The molecule has 0 saturated carbocycles. The lowest BCUT2D eigenvalue weighted by Gasteiger charge is -2.14. The summed E-state index contributed by atoms with van der Waals surface area (Å²) >= 11 is 0. The highest BCUT2D eigenvalue weighted by molar-refractivity contribution is 5.83. The Kier molecular flexibility index (Phi) is 3.54. The summed E-state index contributed by atoms with van der Waals surface area (Å²) in [5.41, 5.74) is 7.90. The first-order valence-corrected chi connectivity index (χ1v) is 6.91. The molecule has 1 unspecified atom stereocenters. The second kappa shape index (κ2) is 5.50. The minimum Gasteiger partial charge on any atom is -0.322 e. The molecular weight excluding hydrogens is 262 g/mol. The van der Waals surface area contributed by atoms with Gasteiger partial charge in [-0.15, -0.1) is 0 Å². The fourth-order valence-corrected chi connectivity index (χ4v) is 2.41. The molecule has 3 rings (SSSR count). The zero-order chi connectivity index (χ0) is 14.8. The van der Waals surface area contributed by atoms with Gasteiger partial charge in [0.15, 0.2) is 0 Å². The molecule has 2 N–H and O–H groups in total. The van der Waals surface area contributed by atoms with Crippen LogP contribution in [0.5, 0.6) is 0 Å². The van der Waals surface area contributed by atoms with Gasteiger partial charge in [0.25, 0.3) is 5.56 Å². The summed E-state index contributed by atoms with van der Waals surface area (Å²) in [5, 5.41) is 2.34. The first-order chi connectivity index (χ1) is 10.1. The minimum atomic E-state index is -0.239. The van der Waals surface area contributed by atoms with E-state index in [2.05, 4.69) is 29.2 Å². The summed E-state index contributed by atoms with van der Waals surface area (Å²) in [6.07, 6.45) is 1.55. The van der Waals surface area contributed by atoms with Crippen molar-refractivity contribution in [3.8, 4) is 0 Å². The lowest BCUT2D eigenvalue weighted by atomic mass is 10.0. The van der Waals surface area contributed by atoms with Crippen molar-refractivity contribution in [3.05, 3.63) is 76.5 Å². The van der Waals surface area contributed by atoms with Crippen molar-refractivity contribution in [3.63, 3.8) is 0 Å². The molecule has 0 saturated heterocycles. The van der Waals surface area contributed by atoms with Crippen molar-refractivity contribution in [2.75, 3.05) is 0 Å². The van der Waals surface area contributed by atoms with E-state index < -0.39 is 0 Å². The molecule has 1 atom stereocenters. The maximum Gasteiger partial charge on any atom is 0.253 e. The van der Waals surface area contributed by atoms with Crippen molar-refractivity contribution in [2.24, 2.45) is 5.73 Å². The van der Waals surface area contributed by atoms with Crippen molar-refractivity contribution >= 4 is 10.8 Å². The molecule has 3 aromatic rings. The quantitative estimate of drug-likeness (QED) is 0.801. The number of hydrogen-bond acceptors (Lipinski definition) is 3. The van der Waals surface area contributed by atoms with E-state index in [-0.39, 0.29) is 11.6 Å². The SMILES string of the molecule is Cc1cc(=O)n(CC(N)c2ccc3ccccc3c2)cn1. The molecule has 0 amide bonds. The third-order valence-corrected chi connectivity index (χ3v) is 3.61. The highest BCUT2D eigenvalue weighted by Gasteiger charge is 2.09. The van der Waals surface area contributed by atoms with Gasteiger partial charge >= 0.3 is 0 Å². The third kappa shape index (κ3) is 2.85. The third-order valence-electron chi connectivity index (χ3n) is 3.61.